The predicted molar refractivity (Wildman–Crippen MR) is 59.0 cm³/mol. The molecule has 1 heterocycles. The second-order valence-electron chi connectivity index (χ2n) is 3.56. The smallest absolute Gasteiger partial charge is 0.227 e. The predicted octanol–water partition coefficient (Wildman–Crippen LogP) is 0.686. The van der Waals surface area contributed by atoms with Crippen LogP contribution in [0.5, 0.6) is 0 Å². The highest BCUT2D eigenvalue weighted by molar-refractivity contribution is 6.36. The summed E-state index contributed by atoms with van der Waals surface area (Å²) >= 11 is 11.6. The van der Waals surface area contributed by atoms with Gasteiger partial charge in [0.05, 0.1) is 10.7 Å². The van der Waals surface area contributed by atoms with E-state index in [1.165, 1.54) is 6.20 Å². The van der Waals surface area contributed by atoms with Crippen LogP contribution in [0.4, 0.5) is 0 Å². The zero-order valence-electron chi connectivity index (χ0n) is 8.43. The Morgan fingerprint density at radius 1 is 1.60 bits per heavy atom. The zero-order valence-corrected chi connectivity index (χ0v) is 9.95. The van der Waals surface area contributed by atoms with E-state index in [0.717, 1.165) is 0 Å². The molecule has 1 aliphatic rings. The lowest BCUT2D eigenvalue weighted by Crippen LogP contribution is -3.03. The summed E-state index contributed by atoms with van der Waals surface area (Å²) < 4.78 is 0. The van der Waals surface area contributed by atoms with Gasteiger partial charge in [-0.1, -0.05) is 37.0 Å². The fourth-order valence-corrected chi connectivity index (χ4v) is 1.64. The third kappa shape index (κ3) is 3.21. The first-order chi connectivity index (χ1) is 6.91. The van der Waals surface area contributed by atoms with E-state index in [1.807, 2.05) is 0 Å². The summed E-state index contributed by atoms with van der Waals surface area (Å²) in [5, 5.41) is 14.0. The number of hydroxylamine groups is 2. The number of quaternary nitrogens is 1. The molecular formula is C9H12Cl2N2O2. The number of allylic oxidation sites excluding steroid dienone is 1. The maximum absolute atomic E-state index is 11.4. The second-order valence-corrected chi connectivity index (χ2v) is 4.42. The van der Waals surface area contributed by atoms with Crippen LogP contribution in [0.15, 0.2) is 22.0 Å². The van der Waals surface area contributed by atoms with Crippen molar-refractivity contribution in [3.63, 3.8) is 0 Å². The van der Waals surface area contributed by atoms with E-state index < -0.39 is 0 Å². The van der Waals surface area contributed by atoms with Gasteiger partial charge in [-0.25, -0.2) is 0 Å². The highest BCUT2D eigenvalue weighted by atomic mass is 35.5. The molecule has 0 saturated heterocycles. The molecule has 0 radical (unpaired) electrons. The van der Waals surface area contributed by atoms with Crippen molar-refractivity contribution in [2.75, 3.05) is 6.54 Å². The first kappa shape index (κ1) is 12.5. The molecule has 1 rings (SSSR count). The third-order valence-electron chi connectivity index (χ3n) is 1.90. The molecule has 0 spiro atoms. The molecule has 84 valence electrons. The van der Waals surface area contributed by atoms with Gasteiger partial charge in [-0.3, -0.25) is 4.79 Å². The number of nitrogens with one attached hydrogen (secondary N) is 2. The SMILES string of the molecule is CC(C)C(=O)NC1=C(Cl)C[NH+]([O-])C=C1Cl. The van der Waals surface area contributed by atoms with Crippen molar-refractivity contribution in [3.8, 4) is 0 Å². The van der Waals surface area contributed by atoms with E-state index in [-0.39, 0.29) is 33.5 Å². The molecule has 0 aromatic carbocycles. The molecule has 1 aliphatic heterocycles. The monoisotopic (exact) mass is 250 g/mol. The second kappa shape index (κ2) is 4.99. The van der Waals surface area contributed by atoms with Gasteiger partial charge in [0.2, 0.25) is 5.91 Å². The van der Waals surface area contributed by atoms with Crippen LogP contribution in [0.25, 0.3) is 0 Å². The number of carbonyl (C=O) groups excluding carboxylic acids is 1. The first-order valence-electron chi connectivity index (χ1n) is 4.51. The van der Waals surface area contributed by atoms with Gasteiger partial charge in [0, 0.05) is 5.92 Å². The number of carbonyl (C=O) groups is 1. The molecule has 6 heteroatoms. The summed E-state index contributed by atoms with van der Waals surface area (Å²) in [7, 11) is 0. The minimum Gasteiger partial charge on any atom is -0.629 e. The minimum absolute atomic E-state index is 0.0888. The lowest BCUT2D eigenvalue weighted by atomic mass is 10.2. The number of hydrogen-bond donors (Lipinski definition) is 2. The van der Waals surface area contributed by atoms with Crippen LogP contribution in [-0.4, -0.2) is 12.5 Å². The Kier molecular flexibility index (Phi) is 4.16. The summed E-state index contributed by atoms with van der Waals surface area (Å²) in [4.78, 5) is 11.4. The summed E-state index contributed by atoms with van der Waals surface area (Å²) in [5.41, 5.74) is 0.344. The van der Waals surface area contributed by atoms with Gasteiger partial charge in [0.15, 0.2) is 0 Å². The van der Waals surface area contributed by atoms with Crippen LogP contribution in [0.2, 0.25) is 0 Å². The van der Waals surface area contributed by atoms with E-state index in [1.54, 1.807) is 13.8 Å². The van der Waals surface area contributed by atoms with E-state index in [0.29, 0.717) is 5.70 Å². The van der Waals surface area contributed by atoms with Gasteiger partial charge in [-0.05, 0) is 0 Å². The van der Waals surface area contributed by atoms with E-state index in [9.17, 15) is 10.0 Å². The van der Waals surface area contributed by atoms with Crippen molar-refractivity contribution < 1.29 is 9.86 Å². The standard InChI is InChI=1S/C9H12Cl2N2O2/c1-5(2)9(14)12-8-6(10)3-13(15)4-7(8)11/h3,5,13H,4H2,1-2H3,(H,12,14). The van der Waals surface area contributed by atoms with Crippen molar-refractivity contribution in [3.05, 3.63) is 27.2 Å². The lowest BCUT2D eigenvalue weighted by Gasteiger charge is -2.24. The molecule has 0 bridgehead atoms. The molecule has 0 aromatic heterocycles. The number of halogens is 2. The summed E-state index contributed by atoms with van der Waals surface area (Å²) in [6.07, 6.45) is 1.27. The quantitative estimate of drug-likeness (QED) is 0.709. The average molecular weight is 251 g/mol. The summed E-state index contributed by atoms with van der Waals surface area (Å²) in [5.74, 6) is -0.340. The molecule has 0 fully saturated rings. The molecular weight excluding hydrogens is 239 g/mol. The Morgan fingerprint density at radius 2 is 2.20 bits per heavy atom. The third-order valence-corrected chi connectivity index (χ3v) is 2.52. The van der Waals surface area contributed by atoms with Crippen molar-refractivity contribution >= 4 is 29.1 Å². The average Bonchev–Trinajstić information content (AvgIpc) is 2.10. The van der Waals surface area contributed by atoms with Crippen LogP contribution in [-0.2, 0) is 4.79 Å². The molecule has 15 heavy (non-hydrogen) atoms. The molecule has 1 amide bonds. The largest absolute Gasteiger partial charge is 0.629 e. The van der Waals surface area contributed by atoms with Crippen molar-refractivity contribution in [2.24, 2.45) is 5.92 Å². The first-order valence-corrected chi connectivity index (χ1v) is 5.27. The van der Waals surface area contributed by atoms with Gasteiger partial charge in [0.1, 0.15) is 17.8 Å². The number of amides is 1. The Bertz CT molecular complexity index is 337. The number of hydrogen-bond acceptors (Lipinski definition) is 2. The highest BCUT2D eigenvalue weighted by Crippen LogP contribution is 2.20. The molecule has 0 aliphatic carbocycles. The fourth-order valence-electron chi connectivity index (χ4n) is 1.03. The van der Waals surface area contributed by atoms with Crippen molar-refractivity contribution in [1.82, 2.24) is 5.32 Å². The fraction of sp³-hybridized carbons (Fsp3) is 0.444. The maximum atomic E-state index is 11.4. The Morgan fingerprint density at radius 3 is 2.67 bits per heavy atom. The van der Waals surface area contributed by atoms with Crippen molar-refractivity contribution in [2.45, 2.75) is 13.8 Å². The van der Waals surface area contributed by atoms with E-state index >= 15 is 0 Å². The van der Waals surface area contributed by atoms with Crippen LogP contribution in [0.3, 0.4) is 0 Å². The zero-order chi connectivity index (χ0) is 11.6. The molecule has 1 atom stereocenters. The van der Waals surface area contributed by atoms with E-state index in [4.69, 9.17) is 23.2 Å². The Balaban J connectivity index is 2.82. The maximum Gasteiger partial charge on any atom is 0.227 e. The van der Waals surface area contributed by atoms with Gasteiger partial charge in [0.25, 0.3) is 0 Å². The van der Waals surface area contributed by atoms with Crippen LogP contribution in [0, 0.1) is 11.1 Å². The topological polar surface area (TPSA) is 56.6 Å². The van der Waals surface area contributed by atoms with Crippen molar-refractivity contribution in [1.29, 1.82) is 0 Å². The normalized spacial score (nSPS) is 21.7. The van der Waals surface area contributed by atoms with Crippen LogP contribution in [0.1, 0.15) is 13.8 Å². The molecule has 4 nitrogen and oxygen atoms in total. The van der Waals surface area contributed by atoms with E-state index in [2.05, 4.69) is 5.32 Å². The minimum atomic E-state index is -0.177. The van der Waals surface area contributed by atoms with Gasteiger partial charge in [-0.2, -0.15) is 0 Å². The lowest BCUT2D eigenvalue weighted by molar-refractivity contribution is -0.785. The van der Waals surface area contributed by atoms with Gasteiger partial charge in [-0.15, -0.1) is 0 Å². The Hall–Kier alpha value is -0.550. The van der Waals surface area contributed by atoms with Gasteiger partial charge >= 0.3 is 0 Å². The molecule has 2 N–H and O–H groups in total. The highest BCUT2D eigenvalue weighted by Gasteiger charge is 2.20. The van der Waals surface area contributed by atoms with Crippen LogP contribution >= 0.6 is 23.2 Å². The van der Waals surface area contributed by atoms with Crippen LogP contribution < -0.4 is 10.4 Å². The van der Waals surface area contributed by atoms with Gasteiger partial charge < -0.3 is 15.6 Å². The Labute approximate surface area is 98.1 Å². The summed E-state index contributed by atoms with van der Waals surface area (Å²) in [6, 6.07) is 0. The molecule has 0 aromatic rings. The summed E-state index contributed by atoms with van der Waals surface area (Å²) in [6.45, 7) is 3.61. The molecule has 1 unspecified atom stereocenters. The molecule has 0 saturated carbocycles. The number of rotatable bonds is 2.